The van der Waals surface area contributed by atoms with Gasteiger partial charge in [0.2, 0.25) is 11.8 Å². The van der Waals surface area contributed by atoms with Crippen LogP contribution in [0.5, 0.6) is 0 Å². The molecule has 8 nitrogen and oxygen atoms in total. The lowest BCUT2D eigenvalue weighted by Gasteiger charge is -2.26. The summed E-state index contributed by atoms with van der Waals surface area (Å²) in [5.41, 5.74) is 0. The SMILES string of the molecule is CN(C)[13CH2][13CH]1[13CH2][13CH2][13CH2][15N]1[13CH2]C(=O)[15NH]CCC(=O)NCC[13C](=O)O. The number of carbonyl (C=O) groups is 3. The number of amides is 2. The van der Waals surface area contributed by atoms with Gasteiger partial charge in [0, 0.05) is 32.1 Å². The van der Waals surface area contributed by atoms with Crippen LogP contribution < -0.4 is 10.6 Å². The van der Waals surface area contributed by atoms with Crippen LogP contribution in [-0.4, -0.2) is 85.6 Å². The zero-order valence-electron chi connectivity index (χ0n) is 14.0. The predicted molar refractivity (Wildman–Crippen MR) is 86.0 cm³/mol. The molecule has 0 radical (unpaired) electrons. The highest BCUT2D eigenvalue weighted by molar-refractivity contribution is 5.80. The molecule has 1 aliphatic heterocycles. The van der Waals surface area contributed by atoms with Gasteiger partial charge in [0.1, 0.15) is 0 Å². The van der Waals surface area contributed by atoms with Crippen molar-refractivity contribution in [2.24, 2.45) is 0 Å². The third-order valence-corrected chi connectivity index (χ3v) is 3.76. The van der Waals surface area contributed by atoms with Crippen LogP contribution in [0.15, 0.2) is 0 Å². The predicted octanol–water partition coefficient (Wildman–Crippen LogP) is -0.890. The molecular formula is C15H28N4O4. The molecule has 0 bridgehead atoms. The molecule has 0 aromatic heterocycles. The van der Waals surface area contributed by atoms with Crippen LogP contribution in [-0.2, 0) is 14.4 Å². The molecular weight excluding hydrogens is 309 g/mol. The van der Waals surface area contributed by atoms with Crippen molar-refractivity contribution in [2.45, 2.75) is 31.7 Å². The van der Waals surface area contributed by atoms with Crippen LogP contribution in [0, 0.1) is 0 Å². The third-order valence-electron chi connectivity index (χ3n) is 3.76. The Morgan fingerprint density at radius 3 is 2.43 bits per heavy atom. The Morgan fingerprint density at radius 2 is 1.78 bits per heavy atom. The molecule has 23 heavy (non-hydrogen) atoms. The number of nitrogens with one attached hydrogen (secondary N) is 2. The van der Waals surface area contributed by atoms with Gasteiger partial charge in [-0.25, -0.2) is 0 Å². The van der Waals surface area contributed by atoms with Gasteiger partial charge in [-0.2, -0.15) is 0 Å². The third kappa shape index (κ3) is 8.51. The van der Waals surface area contributed by atoms with Gasteiger partial charge in [0.05, 0.1) is 13.0 Å². The van der Waals surface area contributed by atoms with Crippen molar-refractivity contribution in [1.82, 2.24) is 20.4 Å². The topological polar surface area (TPSA) is 102 Å². The van der Waals surface area contributed by atoms with Gasteiger partial charge in [-0.3, -0.25) is 19.3 Å². The Balaban J connectivity index is 2.16. The maximum atomic E-state index is 11.9. The summed E-state index contributed by atoms with van der Waals surface area (Å²) in [4.78, 5) is 38.0. The van der Waals surface area contributed by atoms with E-state index in [0.717, 1.165) is 25.9 Å². The summed E-state index contributed by atoms with van der Waals surface area (Å²) in [5.74, 6) is -1.27. The molecule has 0 aliphatic carbocycles. The van der Waals surface area contributed by atoms with Gasteiger partial charge in [0.25, 0.3) is 0 Å². The molecule has 0 saturated carbocycles. The Hall–Kier alpha value is -1.67. The summed E-state index contributed by atoms with van der Waals surface area (Å²) in [7, 11) is 4.05. The van der Waals surface area contributed by atoms with E-state index in [-0.39, 0.29) is 37.7 Å². The minimum Gasteiger partial charge on any atom is -0.481 e. The van der Waals surface area contributed by atoms with Crippen molar-refractivity contribution in [1.29, 1.82) is 0 Å². The fraction of sp³-hybridized carbons (Fsp3) is 0.800. The van der Waals surface area contributed by atoms with E-state index in [1.165, 1.54) is 0 Å². The first-order valence-corrected chi connectivity index (χ1v) is 8.02. The first-order valence-electron chi connectivity index (χ1n) is 8.02. The van der Waals surface area contributed by atoms with E-state index in [2.05, 4.69) is 20.4 Å². The van der Waals surface area contributed by atoms with Crippen molar-refractivity contribution in [3.8, 4) is 0 Å². The first-order chi connectivity index (χ1) is 10.9. The molecule has 0 aromatic carbocycles. The Bertz CT molecular complexity index is 414. The van der Waals surface area contributed by atoms with Crippen LogP contribution in [0.1, 0.15) is 25.7 Å². The summed E-state index contributed by atoms with van der Waals surface area (Å²) >= 11 is 0. The molecule has 1 rings (SSSR count). The molecule has 3 N–H and O–H groups in total. The minimum atomic E-state index is -0.948. The van der Waals surface area contributed by atoms with Crippen LogP contribution in [0.25, 0.3) is 0 Å². The number of carboxylic acid groups (broad SMARTS) is 1. The van der Waals surface area contributed by atoms with E-state index < -0.39 is 5.97 Å². The number of hydrogen-bond donors (Lipinski definition) is 3. The molecule has 0 aromatic rings. The molecule has 1 unspecified atom stereocenters. The highest BCUT2D eigenvalue weighted by atomic mass is 16.5. The number of hydrogen-bond acceptors (Lipinski definition) is 5. The van der Waals surface area contributed by atoms with E-state index in [1.54, 1.807) is 0 Å². The Morgan fingerprint density at radius 1 is 1.13 bits per heavy atom. The number of likely N-dealkylation sites (tertiary alicyclic amines) is 1. The molecule has 1 fully saturated rings. The smallest absolute Gasteiger partial charge is 0.305 e. The molecule has 0 spiro atoms. The number of carboxylic acids is 1. The zero-order valence-corrected chi connectivity index (χ0v) is 14.0. The second-order valence-corrected chi connectivity index (χ2v) is 6.12. The fourth-order valence-electron chi connectivity index (χ4n) is 2.68. The van der Waals surface area contributed by atoms with Gasteiger partial charge in [0.15, 0.2) is 0 Å². The number of nitrogens with zero attached hydrogens (tertiary/aromatic N) is 2. The lowest BCUT2D eigenvalue weighted by atomic mass is 10.4. The minimum absolute atomic E-state index is 0.0750. The molecule has 2 amide bonds. The molecule has 1 heterocycles. The summed E-state index contributed by atoms with van der Waals surface area (Å²) in [6, 6.07) is 0.412. The number of carbonyl (C=O) groups excluding carboxylic acids is 2. The van der Waals surface area contributed by atoms with Crippen molar-refractivity contribution in [2.75, 3.05) is 46.8 Å². The second kappa shape index (κ2) is 10.2. The Labute approximate surface area is 137 Å². The quantitative estimate of drug-likeness (QED) is 0.353. The van der Waals surface area contributed by atoms with Crippen LogP contribution in [0.4, 0.5) is 0 Å². The summed E-state index contributed by atoms with van der Waals surface area (Å²) in [5, 5.41) is 13.7. The molecule has 1 atom stereocenters. The van der Waals surface area contributed by atoms with Gasteiger partial charge < -0.3 is 20.6 Å². The number of likely N-dealkylation sites (N-methyl/N-ethyl adjacent to an activating group) is 1. The van der Waals surface area contributed by atoms with Crippen LogP contribution in [0.3, 0.4) is 0 Å². The van der Waals surface area contributed by atoms with Crippen LogP contribution >= 0.6 is 0 Å². The first kappa shape index (κ1) is 19.4. The number of rotatable bonds is 10. The largest absolute Gasteiger partial charge is 0.481 e. The fourth-order valence-corrected chi connectivity index (χ4v) is 2.68. The summed E-state index contributed by atoms with van der Waals surface area (Å²) in [6.07, 6.45) is 2.28. The van der Waals surface area contributed by atoms with E-state index in [0.29, 0.717) is 12.6 Å². The zero-order chi connectivity index (χ0) is 17.2. The summed E-state index contributed by atoms with van der Waals surface area (Å²) in [6.45, 7) is 2.62. The molecule has 132 valence electrons. The average Bonchev–Trinajstić information content (AvgIpc) is 2.84. The number of aliphatic carboxylic acids is 1. The molecule has 1 aliphatic rings. The normalized spacial score (nSPS) is 18.1. The maximum absolute atomic E-state index is 11.9. The van der Waals surface area contributed by atoms with Crippen molar-refractivity contribution < 1.29 is 19.5 Å². The molecule has 1 saturated heterocycles. The summed E-state index contributed by atoms with van der Waals surface area (Å²) < 4.78 is 0. The molecule has 8 heteroatoms. The average molecular weight is 337 g/mol. The van der Waals surface area contributed by atoms with Gasteiger partial charge in [-0.05, 0) is 33.5 Å². The lowest BCUT2D eigenvalue weighted by molar-refractivity contribution is -0.137. The Kier molecular flexibility index (Phi) is 8.57. The van der Waals surface area contributed by atoms with E-state index >= 15 is 0 Å². The van der Waals surface area contributed by atoms with Crippen molar-refractivity contribution in [3.05, 3.63) is 0 Å². The van der Waals surface area contributed by atoms with Crippen LogP contribution in [0.2, 0.25) is 0 Å². The van der Waals surface area contributed by atoms with E-state index in [9.17, 15) is 14.4 Å². The maximum Gasteiger partial charge on any atom is 0.305 e. The second-order valence-electron chi connectivity index (χ2n) is 6.12. The van der Waals surface area contributed by atoms with E-state index in [4.69, 9.17) is 5.11 Å². The van der Waals surface area contributed by atoms with Gasteiger partial charge in [-0.15, -0.1) is 0 Å². The highest BCUT2D eigenvalue weighted by Crippen LogP contribution is 2.16. The lowest BCUT2D eigenvalue weighted by Crippen LogP contribution is -2.44. The highest BCUT2D eigenvalue weighted by Gasteiger charge is 2.26. The van der Waals surface area contributed by atoms with Crippen molar-refractivity contribution in [3.63, 3.8) is 0 Å². The monoisotopic (exact) mass is 337 g/mol. The van der Waals surface area contributed by atoms with E-state index in [1.807, 2.05) is 14.1 Å². The standard InChI is InChI=1S/C15H28N4O4/c1-18(2)10-12-4-3-9-19(12)11-14(21)17-7-5-13(20)16-8-6-15(22)23/h12H,3-11H2,1-2H3,(H,16,20)(H,17,21)(H,22,23)/i3+1,4+1,9+1,10+1,11+1,12+1,15+1,17+1,19+1. The van der Waals surface area contributed by atoms with Gasteiger partial charge >= 0.3 is 5.97 Å². The van der Waals surface area contributed by atoms with Crippen molar-refractivity contribution >= 4 is 17.8 Å². The van der Waals surface area contributed by atoms with Gasteiger partial charge in [-0.1, -0.05) is 0 Å².